The Morgan fingerprint density at radius 1 is 1.20 bits per heavy atom. The Bertz CT molecular complexity index is 985. The molecule has 4 rings (SSSR count). The lowest BCUT2D eigenvalue weighted by Crippen LogP contribution is -2.42. The highest BCUT2D eigenvalue weighted by atomic mass is 19.1. The molecule has 1 saturated heterocycles. The van der Waals surface area contributed by atoms with Crippen LogP contribution in [-0.4, -0.2) is 34.0 Å². The zero-order chi connectivity index (χ0) is 20.9. The summed E-state index contributed by atoms with van der Waals surface area (Å²) < 4.78 is 18.4. The van der Waals surface area contributed by atoms with Crippen LogP contribution in [0.3, 0.4) is 0 Å². The molecule has 0 radical (unpaired) electrons. The minimum Gasteiger partial charge on any atom is -0.352 e. The van der Waals surface area contributed by atoms with E-state index in [0.29, 0.717) is 31.3 Å². The molecular weight excluding hydrogens is 383 g/mol. The highest BCUT2D eigenvalue weighted by molar-refractivity contribution is 5.78. The van der Waals surface area contributed by atoms with E-state index in [1.165, 1.54) is 17.7 Å². The predicted molar refractivity (Wildman–Crippen MR) is 111 cm³/mol. The van der Waals surface area contributed by atoms with Gasteiger partial charge in [-0.15, -0.1) is 0 Å². The van der Waals surface area contributed by atoms with Crippen LogP contribution >= 0.6 is 0 Å². The summed E-state index contributed by atoms with van der Waals surface area (Å²) in [6.07, 6.45) is 1.79. The lowest BCUT2D eigenvalue weighted by molar-refractivity contribution is -0.127. The van der Waals surface area contributed by atoms with Gasteiger partial charge in [0.1, 0.15) is 5.82 Å². The number of halogens is 1. The Kier molecular flexibility index (Phi) is 6.18. The van der Waals surface area contributed by atoms with Gasteiger partial charge in [0.05, 0.1) is 12.5 Å². The standard InChI is InChI=1S/C23H25FN4O2/c1-16-4-8-18(9-5-16)22-26-21(30-27-22)15-28-12-2-3-19(14-28)23(29)25-13-17-6-10-20(24)11-7-17/h4-11,19H,2-3,12-15H2,1H3,(H,25,29). The second kappa shape index (κ2) is 9.17. The summed E-state index contributed by atoms with van der Waals surface area (Å²) in [6.45, 7) is 4.51. The molecule has 1 atom stereocenters. The molecule has 0 saturated carbocycles. The number of rotatable bonds is 6. The van der Waals surface area contributed by atoms with Gasteiger partial charge in [0.25, 0.3) is 0 Å². The molecule has 2 heterocycles. The van der Waals surface area contributed by atoms with E-state index in [1.54, 1.807) is 12.1 Å². The Morgan fingerprint density at radius 3 is 2.73 bits per heavy atom. The van der Waals surface area contributed by atoms with Crippen molar-refractivity contribution in [1.82, 2.24) is 20.4 Å². The summed E-state index contributed by atoms with van der Waals surface area (Å²) in [5.41, 5.74) is 2.98. The van der Waals surface area contributed by atoms with Crippen LogP contribution < -0.4 is 5.32 Å². The van der Waals surface area contributed by atoms with Crippen LogP contribution in [-0.2, 0) is 17.9 Å². The zero-order valence-corrected chi connectivity index (χ0v) is 17.0. The molecule has 1 unspecified atom stereocenters. The Balaban J connectivity index is 1.31. The molecule has 1 aliphatic heterocycles. The number of hydrogen-bond donors (Lipinski definition) is 1. The molecule has 7 heteroatoms. The van der Waals surface area contributed by atoms with Crippen molar-refractivity contribution in [2.45, 2.75) is 32.9 Å². The largest absolute Gasteiger partial charge is 0.352 e. The summed E-state index contributed by atoms with van der Waals surface area (Å²) in [7, 11) is 0. The number of carbonyl (C=O) groups is 1. The van der Waals surface area contributed by atoms with Crippen molar-refractivity contribution in [1.29, 1.82) is 0 Å². The number of piperidine rings is 1. The SMILES string of the molecule is Cc1ccc(-c2noc(CN3CCCC(C(=O)NCc4ccc(F)cc4)C3)n2)cc1. The molecule has 2 aromatic carbocycles. The average molecular weight is 408 g/mol. The number of aromatic nitrogens is 2. The number of amides is 1. The maximum Gasteiger partial charge on any atom is 0.241 e. The first-order valence-electron chi connectivity index (χ1n) is 10.2. The predicted octanol–water partition coefficient (Wildman–Crippen LogP) is 3.71. The second-order valence-electron chi connectivity index (χ2n) is 7.80. The van der Waals surface area contributed by atoms with Gasteiger partial charge in [-0.25, -0.2) is 4.39 Å². The molecule has 0 aliphatic carbocycles. The fourth-order valence-corrected chi connectivity index (χ4v) is 3.68. The van der Waals surface area contributed by atoms with Crippen LogP contribution in [0.1, 0.15) is 29.9 Å². The van der Waals surface area contributed by atoms with Crippen molar-refractivity contribution < 1.29 is 13.7 Å². The van der Waals surface area contributed by atoms with Gasteiger partial charge in [0.2, 0.25) is 17.6 Å². The third-order valence-electron chi connectivity index (χ3n) is 5.39. The summed E-state index contributed by atoms with van der Waals surface area (Å²) >= 11 is 0. The molecule has 1 fully saturated rings. The molecule has 30 heavy (non-hydrogen) atoms. The molecule has 6 nitrogen and oxygen atoms in total. The van der Waals surface area contributed by atoms with Gasteiger partial charge < -0.3 is 9.84 Å². The topological polar surface area (TPSA) is 71.3 Å². The fraction of sp³-hybridized carbons (Fsp3) is 0.348. The quantitative estimate of drug-likeness (QED) is 0.673. The molecule has 0 spiro atoms. The van der Waals surface area contributed by atoms with Crippen LogP contribution in [0.2, 0.25) is 0 Å². The van der Waals surface area contributed by atoms with Gasteiger partial charge in [0.15, 0.2) is 0 Å². The summed E-state index contributed by atoms with van der Waals surface area (Å²) in [5, 5.41) is 7.05. The van der Waals surface area contributed by atoms with Gasteiger partial charge in [-0.1, -0.05) is 47.1 Å². The molecule has 156 valence electrons. The first-order valence-corrected chi connectivity index (χ1v) is 10.2. The number of nitrogens with zero attached hydrogens (tertiary/aromatic N) is 3. The third kappa shape index (κ3) is 5.10. The van der Waals surface area contributed by atoms with Crippen molar-refractivity contribution in [2.24, 2.45) is 5.92 Å². The van der Waals surface area contributed by atoms with Crippen LogP contribution in [0.25, 0.3) is 11.4 Å². The first-order chi connectivity index (χ1) is 14.6. The number of benzene rings is 2. The van der Waals surface area contributed by atoms with Gasteiger partial charge in [-0.2, -0.15) is 4.98 Å². The van der Waals surface area contributed by atoms with Crippen LogP contribution in [0, 0.1) is 18.7 Å². The Hall–Kier alpha value is -3.06. The van der Waals surface area contributed by atoms with Crippen molar-refractivity contribution in [3.05, 3.63) is 71.4 Å². The van der Waals surface area contributed by atoms with Crippen LogP contribution in [0.15, 0.2) is 53.1 Å². The Morgan fingerprint density at radius 2 is 1.97 bits per heavy atom. The van der Waals surface area contributed by atoms with Gasteiger partial charge in [-0.3, -0.25) is 9.69 Å². The minimum atomic E-state index is -0.278. The summed E-state index contributed by atoms with van der Waals surface area (Å²) in [6, 6.07) is 14.2. The molecule has 3 aromatic rings. The number of likely N-dealkylation sites (tertiary alicyclic amines) is 1. The molecule has 1 aromatic heterocycles. The van der Waals surface area contributed by atoms with Crippen molar-refractivity contribution >= 4 is 5.91 Å². The molecule has 1 amide bonds. The average Bonchev–Trinajstić information content (AvgIpc) is 3.22. The zero-order valence-electron chi connectivity index (χ0n) is 17.0. The number of carbonyl (C=O) groups excluding carboxylic acids is 1. The Labute approximate surface area is 175 Å². The number of hydrogen-bond acceptors (Lipinski definition) is 5. The van der Waals surface area contributed by atoms with Gasteiger partial charge >= 0.3 is 0 Å². The van der Waals surface area contributed by atoms with E-state index in [1.807, 2.05) is 31.2 Å². The second-order valence-corrected chi connectivity index (χ2v) is 7.80. The molecular formula is C23H25FN4O2. The monoisotopic (exact) mass is 408 g/mol. The van der Waals surface area contributed by atoms with Crippen molar-refractivity contribution in [3.63, 3.8) is 0 Å². The van der Waals surface area contributed by atoms with E-state index in [4.69, 9.17) is 4.52 Å². The van der Waals surface area contributed by atoms with E-state index >= 15 is 0 Å². The molecule has 0 bridgehead atoms. The number of nitrogens with one attached hydrogen (secondary N) is 1. The van der Waals surface area contributed by atoms with Crippen molar-refractivity contribution in [3.8, 4) is 11.4 Å². The summed E-state index contributed by atoms with van der Waals surface area (Å²) in [4.78, 5) is 19.3. The van der Waals surface area contributed by atoms with Crippen molar-refractivity contribution in [2.75, 3.05) is 13.1 Å². The molecule has 1 N–H and O–H groups in total. The van der Waals surface area contributed by atoms with Gasteiger partial charge in [-0.05, 0) is 44.0 Å². The van der Waals surface area contributed by atoms with E-state index in [-0.39, 0.29) is 17.6 Å². The van der Waals surface area contributed by atoms with E-state index < -0.39 is 0 Å². The summed E-state index contributed by atoms with van der Waals surface area (Å²) in [5.74, 6) is 0.793. The maximum atomic E-state index is 13.0. The maximum absolute atomic E-state index is 13.0. The van der Waals surface area contributed by atoms with Gasteiger partial charge in [0, 0.05) is 18.7 Å². The number of aryl methyl sites for hydroxylation is 1. The molecule has 1 aliphatic rings. The van der Waals surface area contributed by atoms with E-state index in [9.17, 15) is 9.18 Å². The third-order valence-corrected chi connectivity index (χ3v) is 5.39. The van der Waals surface area contributed by atoms with E-state index in [0.717, 1.165) is 30.5 Å². The minimum absolute atomic E-state index is 0.0231. The lowest BCUT2D eigenvalue weighted by Gasteiger charge is -2.30. The lowest BCUT2D eigenvalue weighted by atomic mass is 9.97. The normalized spacial score (nSPS) is 17.1. The fourth-order valence-electron chi connectivity index (χ4n) is 3.68. The van der Waals surface area contributed by atoms with Crippen LogP contribution in [0.5, 0.6) is 0 Å². The smallest absolute Gasteiger partial charge is 0.241 e. The van der Waals surface area contributed by atoms with E-state index in [2.05, 4.69) is 20.4 Å². The first kappa shape index (κ1) is 20.2. The van der Waals surface area contributed by atoms with Crippen LogP contribution in [0.4, 0.5) is 4.39 Å². The highest BCUT2D eigenvalue weighted by Gasteiger charge is 2.26. The highest BCUT2D eigenvalue weighted by Crippen LogP contribution is 2.21.